The summed E-state index contributed by atoms with van der Waals surface area (Å²) in [6.45, 7) is 0. The predicted molar refractivity (Wildman–Crippen MR) is 65.1 cm³/mol. The first-order valence-corrected chi connectivity index (χ1v) is 6.10. The highest BCUT2D eigenvalue weighted by Crippen LogP contribution is 2.33. The maximum absolute atomic E-state index is 6.22. The molecule has 2 rings (SSSR count). The van der Waals surface area contributed by atoms with E-state index in [0.717, 1.165) is 5.92 Å². The van der Waals surface area contributed by atoms with Gasteiger partial charge in [0.2, 0.25) is 0 Å². The van der Waals surface area contributed by atoms with E-state index in [4.69, 9.17) is 5.73 Å². The average Bonchev–Trinajstić information content (AvgIpc) is 2.71. The van der Waals surface area contributed by atoms with Crippen LogP contribution in [0.4, 0.5) is 0 Å². The van der Waals surface area contributed by atoms with Crippen LogP contribution in [0.5, 0.6) is 0 Å². The zero-order valence-electron chi connectivity index (χ0n) is 8.32. The van der Waals surface area contributed by atoms with Crippen LogP contribution in [0.3, 0.4) is 0 Å². The van der Waals surface area contributed by atoms with Gasteiger partial charge in [-0.1, -0.05) is 19.3 Å². The third-order valence-electron chi connectivity index (χ3n) is 3.09. The molecule has 14 heavy (non-hydrogen) atoms. The van der Waals surface area contributed by atoms with E-state index in [1.54, 1.807) is 11.3 Å². The van der Waals surface area contributed by atoms with Crippen LogP contribution in [0, 0.1) is 5.92 Å². The van der Waals surface area contributed by atoms with E-state index < -0.39 is 0 Å². The first kappa shape index (κ1) is 12.0. The molecule has 0 saturated heterocycles. The van der Waals surface area contributed by atoms with Crippen molar-refractivity contribution >= 4 is 23.7 Å². The SMILES string of the molecule is Cl.N[C@H](c1ccsc1)C1CCCCC1. The Hall–Kier alpha value is -0.0500. The lowest BCUT2D eigenvalue weighted by Gasteiger charge is -2.26. The van der Waals surface area contributed by atoms with Crippen molar-refractivity contribution in [3.05, 3.63) is 22.4 Å². The fraction of sp³-hybridized carbons (Fsp3) is 0.636. The summed E-state index contributed by atoms with van der Waals surface area (Å²) in [5.41, 5.74) is 7.57. The lowest BCUT2D eigenvalue weighted by atomic mass is 9.82. The van der Waals surface area contributed by atoms with Crippen LogP contribution in [0.25, 0.3) is 0 Å². The Kier molecular flexibility index (Phi) is 4.93. The molecule has 1 aliphatic rings. The molecular weight excluding hydrogens is 214 g/mol. The van der Waals surface area contributed by atoms with Gasteiger partial charge in [0.1, 0.15) is 0 Å². The summed E-state index contributed by atoms with van der Waals surface area (Å²) in [4.78, 5) is 0. The zero-order valence-corrected chi connectivity index (χ0v) is 9.95. The summed E-state index contributed by atoms with van der Waals surface area (Å²) in [7, 11) is 0. The van der Waals surface area contributed by atoms with Gasteiger partial charge in [-0.2, -0.15) is 11.3 Å². The highest BCUT2D eigenvalue weighted by Gasteiger charge is 2.21. The van der Waals surface area contributed by atoms with Gasteiger partial charge in [-0.25, -0.2) is 0 Å². The molecule has 0 bridgehead atoms. The van der Waals surface area contributed by atoms with Crippen molar-refractivity contribution in [3.8, 4) is 0 Å². The van der Waals surface area contributed by atoms with E-state index in [0.29, 0.717) is 6.04 Å². The predicted octanol–water partition coefficient (Wildman–Crippen LogP) is 3.75. The number of thiophene rings is 1. The molecule has 80 valence electrons. The normalized spacial score (nSPS) is 20.1. The summed E-state index contributed by atoms with van der Waals surface area (Å²) >= 11 is 1.75. The number of hydrogen-bond donors (Lipinski definition) is 1. The molecule has 1 aromatic rings. The van der Waals surface area contributed by atoms with Gasteiger partial charge < -0.3 is 5.73 Å². The van der Waals surface area contributed by atoms with Crippen LogP contribution in [0.2, 0.25) is 0 Å². The maximum Gasteiger partial charge on any atom is 0.0331 e. The van der Waals surface area contributed by atoms with Gasteiger partial charge in [0.15, 0.2) is 0 Å². The van der Waals surface area contributed by atoms with Crippen LogP contribution >= 0.6 is 23.7 Å². The highest BCUT2D eigenvalue weighted by molar-refractivity contribution is 7.07. The molecule has 2 N–H and O–H groups in total. The summed E-state index contributed by atoms with van der Waals surface area (Å²) < 4.78 is 0. The van der Waals surface area contributed by atoms with Crippen molar-refractivity contribution in [2.24, 2.45) is 11.7 Å². The van der Waals surface area contributed by atoms with Gasteiger partial charge in [-0.15, -0.1) is 12.4 Å². The van der Waals surface area contributed by atoms with Crippen LogP contribution < -0.4 is 5.73 Å². The summed E-state index contributed by atoms with van der Waals surface area (Å²) in [6, 6.07) is 2.47. The largest absolute Gasteiger partial charge is 0.324 e. The molecule has 0 spiro atoms. The van der Waals surface area contributed by atoms with E-state index in [9.17, 15) is 0 Å². The average molecular weight is 232 g/mol. The number of rotatable bonds is 2. The van der Waals surface area contributed by atoms with Gasteiger partial charge in [0.25, 0.3) is 0 Å². The summed E-state index contributed by atoms with van der Waals surface area (Å²) in [5.74, 6) is 0.739. The topological polar surface area (TPSA) is 26.0 Å². The van der Waals surface area contributed by atoms with Crippen molar-refractivity contribution in [2.45, 2.75) is 38.1 Å². The van der Waals surface area contributed by atoms with E-state index in [1.807, 2.05) is 0 Å². The molecule has 1 aliphatic carbocycles. The van der Waals surface area contributed by atoms with Crippen LogP contribution in [-0.4, -0.2) is 0 Å². The van der Waals surface area contributed by atoms with E-state index in [-0.39, 0.29) is 12.4 Å². The second-order valence-corrected chi connectivity index (χ2v) is 4.76. The molecule has 1 aromatic heterocycles. The first-order chi connectivity index (χ1) is 6.38. The Balaban J connectivity index is 0.000000980. The molecule has 0 amide bonds. The maximum atomic E-state index is 6.22. The monoisotopic (exact) mass is 231 g/mol. The van der Waals surface area contributed by atoms with Gasteiger partial charge in [0, 0.05) is 6.04 Å². The van der Waals surface area contributed by atoms with Crippen LogP contribution in [0.1, 0.15) is 43.7 Å². The molecule has 1 fully saturated rings. The molecule has 1 saturated carbocycles. The first-order valence-electron chi connectivity index (χ1n) is 5.15. The Bertz CT molecular complexity index is 242. The zero-order chi connectivity index (χ0) is 9.10. The Morgan fingerprint density at radius 3 is 2.57 bits per heavy atom. The highest BCUT2D eigenvalue weighted by atomic mass is 35.5. The smallest absolute Gasteiger partial charge is 0.0331 e. The number of nitrogens with two attached hydrogens (primary N) is 1. The molecule has 1 atom stereocenters. The third kappa shape index (κ3) is 2.72. The lowest BCUT2D eigenvalue weighted by Crippen LogP contribution is -2.22. The van der Waals surface area contributed by atoms with E-state index in [1.165, 1.54) is 37.7 Å². The Labute approximate surface area is 96.1 Å². The standard InChI is InChI=1S/C11H17NS.ClH/c12-11(10-6-7-13-8-10)9-4-2-1-3-5-9;/h6-9,11H,1-5,12H2;1H/t11-;/m0./s1. The summed E-state index contributed by atoms with van der Waals surface area (Å²) in [5, 5.41) is 4.32. The van der Waals surface area contributed by atoms with Gasteiger partial charge in [0.05, 0.1) is 0 Å². The second kappa shape index (κ2) is 5.74. The van der Waals surface area contributed by atoms with Crippen molar-refractivity contribution in [3.63, 3.8) is 0 Å². The van der Waals surface area contributed by atoms with Crippen LogP contribution in [0.15, 0.2) is 16.8 Å². The lowest BCUT2D eigenvalue weighted by molar-refractivity contribution is 0.308. The van der Waals surface area contributed by atoms with Gasteiger partial charge >= 0.3 is 0 Å². The quantitative estimate of drug-likeness (QED) is 0.825. The van der Waals surface area contributed by atoms with Crippen molar-refractivity contribution in [1.29, 1.82) is 0 Å². The fourth-order valence-electron chi connectivity index (χ4n) is 2.23. The second-order valence-electron chi connectivity index (χ2n) is 3.98. The van der Waals surface area contributed by atoms with Crippen molar-refractivity contribution in [1.82, 2.24) is 0 Å². The summed E-state index contributed by atoms with van der Waals surface area (Å²) in [6.07, 6.45) is 6.83. The molecule has 0 unspecified atom stereocenters. The molecule has 3 heteroatoms. The van der Waals surface area contributed by atoms with Crippen molar-refractivity contribution in [2.75, 3.05) is 0 Å². The third-order valence-corrected chi connectivity index (χ3v) is 3.79. The van der Waals surface area contributed by atoms with Gasteiger partial charge in [-0.3, -0.25) is 0 Å². The minimum Gasteiger partial charge on any atom is -0.324 e. The van der Waals surface area contributed by atoms with Crippen LogP contribution in [-0.2, 0) is 0 Å². The van der Waals surface area contributed by atoms with Crippen molar-refractivity contribution < 1.29 is 0 Å². The van der Waals surface area contributed by atoms with Gasteiger partial charge in [-0.05, 0) is 41.1 Å². The molecule has 0 radical (unpaired) electrons. The van der Waals surface area contributed by atoms with E-state index >= 15 is 0 Å². The minimum absolute atomic E-state index is 0. The molecular formula is C11H18ClNS. The molecule has 0 aliphatic heterocycles. The molecule has 1 heterocycles. The Morgan fingerprint density at radius 2 is 2.00 bits per heavy atom. The molecule has 1 nitrogen and oxygen atoms in total. The van der Waals surface area contributed by atoms with E-state index in [2.05, 4.69) is 16.8 Å². The number of hydrogen-bond acceptors (Lipinski definition) is 2. The Morgan fingerprint density at radius 1 is 1.29 bits per heavy atom. The minimum atomic E-state index is 0. The number of halogens is 1. The fourth-order valence-corrected chi connectivity index (χ4v) is 2.94. The molecule has 0 aromatic carbocycles.